The third kappa shape index (κ3) is 3.62. The minimum absolute atomic E-state index is 0.0215. The van der Waals surface area contributed by atoms with Gasteiger partial charge < -0.3 is 15.3 Å². The van der Waals surface area contributed by atoms with E-state index in [1.54, 1.807) is 0 Å². The van der Waals surface area contributed by atoms with Gasteiger partial charge in [0.25, 0.3) is 0 Å². The number of nitrogens with zero attached hydrogens (tertiary/aromatic N) is 1. The zero-order valence-electron chi connectivity index (χ0n) is 11.3. The lowest BCUT2D eigenvalue weighted by Gasteiger charge is -2.34. The number of carbonyl (C=O) groups is 2. The molecule has 1 saturated heterocycles. The molecule has 1 aliphatic heterocycles. The van der Waals surface area contributed by atoms with Gasteiger partial charge in [-0.15, -0.1) is 0 Å². The van der Waals surface area contributed by atoms with Crippen LogP contribution in [-0.4, -0.2) is 60.6 Å². The van der Waals surface area contributed by atoms with E-state index in [1.165, 1.54) is 4.90 Å². The summed E-state index contributed by atoms with van der Waals surface area (Å²) < 4.78 is 22.7. The van der Waals surface area contributed by atoms with E-state index >= 15 is 0 Å². The normalized spacial score (nSPS) is 24.3. The smallest absolute Gasteiger partial charge is 0.317 e. The minimum Gasteiger partial charge on any atom is -0.481 e. The third-order valence-corrected chi connectivity index (χ3v) is 5.66. The van der Waals surface area contributed by atoms with Crippen LogP contribution >= 0.6 is 0 Å². The van der Waals surface area contributed by atoms with Gasteiger partial charge in [0.2, 0.25) is 0 Å². The van der Waals surface area contributed by atoms with Crippen molar-refractivity contribution in [2.75, 3.05) is 24.6 Å². The Morgan fingerprint density at radius 1 is 1.15 bits per heavy atom. The molecule has 0 radical (unpaired) electrons. The zero-order chi connectivity index (χ0) is 14.8. The molecule has 0 atom stereocenters. The maximum absolute atomic E-state index is 12.2. The fraction of sp³-hybridized carbons (Fsp3) is 0.833. The van der Waals surface area contributed by atoms with Crippen molar-refractivity contribution in [1.29, 1.82) is 0 Å². The summed E-state index contributed by atoms with van der Waals surface area (Å²) in [4.78, 5) is 24.6. The topological polar surface area (TPSA) is 104 Å². The van der Waals surface area contributed by atoms with E-state index in [4.69, 9.17) is 5.11 Å². The molecule has 2 aliphatic rings. The van der Waals surface area contributed by atoms with Gasteiger partial charge in [-0.2, -0.15) is 0 Å². The number of sulfone groups is 1. The predicted molar refractivity (Wildman–Crippen MR) is 72.2 cm³/mol. The van der Waals surface area contributed by atoms with Gasteiger partial charge in [-0.1, -0.05) is 12.8 Å². The first-order chi connectivity index (χ1) is 9.32. The summed E-state index contributed by atoms with van der Waals surface area (Å²) >= 11 is 0. The maximum Gasteiger partial charge on any atom is 0.317 e. The lowest BCUT2D eigenvalue weighted by atomic mass is 9.93. The molecule has 0 aromatic carbocycles. The number of carboxylic acid groups (broad SMARTS) is 1. The number of hydrogen-bond acceptors (Lipinski definition) is 4. The summed E-state index contributed by atoms with van der Waals surface area (Å²) in [5.41, 5.74) is -0.667. The monoisotopic (exact) mass is 304 g/mol. The van der Waals surface area contributed by atoms with Gasteiger partial charge in [0.15, 0.2) is 9.84 Å². The first-order valence-electron chi connectivity index (χ1n) is 6.81. The van der Waals surface area contributed by atoms with E-state index in [2.05, 4.69) is 5.32 Å². The highest BCUT2D eigenvalue weighted by molar-refractivity contribution is 7.91. The quantitative estimate of drug-likeness (QED) is 0.776. The van der Waals surface area contributed by atoms with Crippen molar-refractivity contribution in [3.05, 3.63) is 0 Å². The molecule has 2 amide bonds. The van der Waals surface area contributed by atoms with E-state index in [0.717, 1.165) is 12.8 Å². The number of carbonyl (C=O) groups excluding carboxylic acids is 1. The van der Waals surface area contributed by atoms with Gasteiger partial charge >= 0.3 is 12.0 Å². The van der Waals surface area contributed by atoms with E-state index in [1.807, 2.05) is 0 Å². The van der Waals surface area contributed by atoms with Crippen LogP contribution in [0.3, 0.4) is 0 Å². The first kappa shape index (κ1) is 15.1. The lowest BCUT2D eigenvalue weighted by molar-refractivity contribution is -0.138. The predicted octanol–water partition coefficient (Wildman–Crippen LogP) is 0.214. The van der Waals surface area contributed by atoms with Crippen LogP contribution in [0, 0.1) is 0 Å². The molecule has 20 heavy (non-hydrogen) atoms. The molecule has 7 nitrogen and oxygen atoms in total. The van der Waals surface area contributed by atoms with E-state index in [0.29, 0.717) is 12.8 Å². The Bertz CT molecular complexity index is 482. The Morgan fingerprint density at radius 2 is 1.70 bits per heavy atom. The molecule has 114 valence electrons. The SMILES string of the molecule is O=C(O)CC1(NC(=O)N2CCS(=O)(=O)CC2)CCCC1. The average molecular weight is 304 g/mol. The van der Waals surface area contributed by atoms with Crippen LogP contribution in [0.1, 0.15) is 32.1 Å². The number of urea groups is 1. The highest BCUT2D eigenvalue weighted by Gasteiger charge is 2.39. The Morgan fingerprint density at radius 3 is 2.20 bits per heavy atom. The number of aliphatic carboxylic acids is 1. The number of nitrogens with one attached hydrogen (secondary N) is 1. The maximum atomic E-state index is 12.2. The molecule has 0 aromatic heterocycles. The second kappa shape index (κ2) is 5.59. The van der Waals surface area contributed by atoms with E-state index < -0.39 is 21.3 Å². The van der Waals surface area contributed by atoms with Gasteiger partial charge in [0.1, 0.15) is 0 Å². The van der Waals surface area contributed by atoms with Crippen molar-refractivity contribution in [2.45, 2.75) is 37.6 Å². The Labute approximate surface area is 118 Å². The highest BCUT2D eigenvalue weighted by Crippen LogP contribution is 2.32. The molecule has 2 fully saturated rings. The summed E-state index contributed by atoms with van der Waals surface area (Å²) in [6.45, 7) is 0.356. The number of rotatable bonds is 3. The molecule has 0 aromatic rings. The van der Waals surface area contributed by atoms with Crippen molar-refractivity contribution in [2.24, 2.45) is 0 Å². The van der Waals surface area contributed by atoms with Crippen LogP contribution in [0.4, 0.5) is 4.79 Å². The second-order valence-corrected chi connectivity index (χ2v) is 7.93. The molecule has 2 rings (SSSR count). The Balaban J connectivity index is 1.97. The number of hydrogen-bond donors (Lipinski definition) is 2. The average Bonchev–Trinajstić information content (AvgIpc) is 2.76. The highest BCUT2D eigenvalue weighted by atomic mass is 32.2. The number of carboxylic acids is 1. The molecule has 0 spiro atoms. The lowest BCUT2D eigenvalue weighted by Crippen LogP contribution is -2.55. The third-order valence-electron chi connectivity index (χ3n) is 4.05. The summed E-state index contributed by atoms with van der Waals surface area (Å²) in [6, 6.07) is -0.344. The molecule has 0 bridgehead atoms. The van der Waals surface area contributed by atoms with Crippen LogP contribution < -0.4 is 5.32 Å². The van der Waals surface area contributed by atoms with Crippen LogP contribution in [0.2, 0.25) is 0 Å². The van der Waals surface area contributed by atoms with Gasteiger partial charge in [0, 0.05) is 13.1 Å². The summed E-state index contributed by atoms with van der Waals surface area (Å²) in [5.74, 6) is -0.966. The van der Waals surface area contributed by atoms with Crippen molar-refractivity contribution in [3.63, 3.8) is 0 Å². The molecular weight excluding hydrogens is 284 g/mol. The van der Waals surface area contributed by atoms with E-state index in [-0.39, 0.29) is 37.0 Å². The molecule has 2 N–H and O–H groups in total. The van der Waals surface area contributed by atoms with Crippen molar-refractivity contribution >= 4 is 21.8 Å². The van der Waals surface area contributed by atoms with Crippen molar-refractivity contribution < 1.29 is 23.1 Å². The van der Waals surface area contributed by atoms with Gasteiger partial charge in [-0.25, -0.2) is 13.2 Å². The van der Waals surface area contributed by atoms with Crippen LogP contribution in [-0.2, 0) is 14.6 Å². The molecule has 1 aliphatic carbocycles. The molecular formula is C12H20N2O5S. The summed E-state index contributed by atoms with van der Waals surface area (Å²) in [6.07, 6.45) is 3.06. The second-order valence-electron chi connectivity index (χ2n) is 5.63. The standard InChI is InChI=1S/C12H20N2O5S/c15-10(16)9-12(3-1-2-4-12)13-11(17)14-5-7-20(18,19)8-6-14/h1-9H2,(H,13,17)(H,15,16). The summed E-state index contributed by atoms with van der Waals surface area (Å²) in [7, 11) is -3.03. The molecule has 0 unspecified atom stereocenters. The molecule has 1 saturated carbocycles. The van der Waals surface area contributed by atoms with Gasteiger partial charge in [-0.05, 0) is 12.8 Å². The largest absolute Gasteiger partial charge is 0.481 e. The zero-order valence-corrected chi connectivity index (χ0v) is 12.1. The van der Waals surface area contributed by atoms with E-state index in [9.17, 15) is 18.0 Å². The Kier molecular flexibility index (Phi) is 4.22. The van der Waals surface area contributed by atoms with Crippen LogP contribution in [0.15, 0.2) is 0 Å². The first-order valence-corrected chi connectivity index (χ1v) is 8.63. The molecule has 8 heteroatoms. The minimum atomic E-state index is -3.03. The van der Waals surface area contributed by atoms with Gasteiger partial charge in [0.05, 0.1) is 23.5 Å². The van der Waals surface area contributed by atoms with Crippen LogP contribution in [0.5, 0.6) is 0 Å². The van der Waals surface area contributed by atoms with Gasteiger partial charge in [-0.3, -0.25) is 4.79 Å². The number of amides is 2. The fourth-order valence-electron chi connectivity index (χ4n) is 2.91. The fourth-order valence-corrected chi connectivity index (χ4v) is 4.11. The summed E-state index contributed by atoms with van der Waals surface area (Å²) in [5, 5.41) is 11.8. The van der Waals surface area contributed by atoms with Crippen molar-refractivity contribution in [3.8, 4) is 0 Å². The molecule has 1 heterocycles. The Hall–Kier alpha value is -1.31. The van der Waals surface area contributed by atoms with Crippen LogP contribution in [0.25, 0.3) is 0 Å². The van der Waals surface area contributed by atoms with Crippen molar-refractivity contribution in [1.82, 2.24) is 10.2 Å².